The summed E-state index contributed by atoms with van der Waals surface area (Å²) in [5, 5.41) is 17.0. The maximum atomic E-state index is 13.6. The highest BCUT2D eigenvalue weighted by Crippen LogP contribution is 2.47. The molecule has 2 amide bonds. The fourth-order valence-corrected chi connectivity index (χ4v) is 5.32. The number of fused-ring (bicyclic) bond motifs is 3. The first-order chi connectivity index (χ1) is 15.9. The second kappa shape index (κ2) is 9.26. The van der Waals surface area contributed by atoms with Gasteiger partial charge in [0.15, 0.2) is 12.7 Å². The Morgan fingerprint density at radius 1 is 1.26 bits per heavy atom. The van der Waals surface area contributed by atoms with Gasteiger partial charge in [-0.3, -0.25) is 14.4 Å². The van der Waals surface area contributed by atoms with Crippen molar-refractivity contribution in [2.75, 3.05) is 6.61 Å². The normalized spacial score (nSPS) is 32.9. The van der Waals surface area contributed by atoms with Gasteiger partial charge in [0.2, 0.25) is 0 Å². The summed E-state index contributed by atoms with van der Waals surface area (Å²) in [6.07, 6.45) is 1.91. The molecule has 3 atom stereocenters. The second-order valence-corrected chi connectivity index (χ2v) is 11.3. The number of carbonyl (C=O) groups is 2. The van der Waals surface area contributed by atoms with Gasteiger partial charge in [0.05, 0.1) is 16.7 Å². The standard InChI is InChI=1S/C24H33ClFN3O5/c1-22(2,3)18-11-17(34-29-18)21(32)28-23-6-8-24(9-7-23,19(30)12-23)27-20(31)13-33-14-4-5-15(25)16(26)10-14/h4-5,10,17-19,29-30H,6-9,11-13H2,1-3H3,(H,27,31)(H,28,32). The van der Waals surface area contributed by atoms with Gasteiger partial charge in [-0.2, -0.15) is 5.48 Å². The summed E-state index contributed by atoms with van der Waals surface area (Å²) >= 11 is 5.66. The zero-order chi connectivity index (χ0) is 24.7. The van der Waals surface area contributed by atoms with E-state index >= 15 is 0 Å². The lowest BCUT2D eigenvalue weighted by atomic mass is 9.59. The quantitative estimate of drug-likeness (QED) is 0.481. The average molecular weight is 498 g/mol. The van der Waals surface area contributed by atoms with Gasteiger partial charge in [0.1, 0.15) is 11.6 Å². The van der Waals surface area contributed by atoms with E-state index in [1.807, 2.05) is 0 Å². The molecule has 0 spiro atoms. The lowest BCUT2D eigenvalue weighted by Crippen LogP contribution is -2.70. The Balaban J connectivity index is 1.30. The maximum Gasteiger partial charge on any atom is 0.258 e. The summed E-state index contributed by atoms with van der Waals surface area (Å²) in [6.45, 7) is 5.98. The molecular formula is C24H33ClFN3O5. The number of halogens is 2. The molecule has 10 heteroatoms. The minimum absolute atomic E-state index is 0.0245. The Kier molecular flexibility index (Phi) is 6.85. The third-order valence-corrected chi connectivity index (χ3v) is 7.81. The highest BCUT2D eigenvalue weighted by atomic mass is 35.5. The van der Waals surface area contributed by atoms with Crippen molar-refractivity contribution < 1.29 is 28.7 Å². The molecule has 1 heterocycles. The molecule has 1 saturated heterocycles. The number of carbonyl (C=O) groups excluding carboxylic acids is 2. The smallest absolute Gasteiger partial charge is 0.258 e. The molecule has 1 aromatic carbocycles. The van der Waals surface area contributed by atoms with Gasteiger partial charge >= 0.3 is 0 Å². The van der Waals surface area contributed by atoms with Gasteiger partial charge in [0.25, 0.3) is 11.8 Å². The van der Waals surface area contributed by atoms with E-state index in [-0.39, 0.29) is 34.7 Å². The zero-order valence-corrected chi connectivity index (χ0v) is 20.5. The topological polar surface area (TPSA) is 109 Å². The third kappa shape index (κ3) is 5.17. The summed E-state index contributed by atoms with van der Waals surface area (Å²) < 4.78 is 18.9. The molecule has 3 unspecified atom stereocenters. The van der Waals surface area contributed by atoms with Crippen molar-refractivity contribution in [3.63, 3.8) is 0 Å². The minimum atomic E-state index is -0.808. The number of hydrogen-bond acceptors (Lipinski definition) is 6. The first-order valence-corrected chi connectivity index (χ1v) is 12.1. The number of aliphatic hydroxyl groups excluding tert-OH is 1. The molecule has 34 heavy (non-hydrogen) atoms. The molecule has 1 aliphatic heterocycles. The Hall–Kier alpha value is -1.94. The van der Waals surface area contributed by atoms with Crippen molar-refractivity contribution >= 4 is 23.4 Å². The minimum Gasteiger partial charge on any atom is -0.484 e. The highest BCUT2D eigenvalue weighted by Gasteiger charge is 2.56. The predicted molar refractivity (Wildman–Crippen MR) is 124 cm³/mol. The van der Waals surface area contributed by atoms with Gasteiger partial charge in [-0.25, -0.2) is 4.39 Å². The van der Waals surface area contributed by atoms with Gasteiger partial charge in [-0.15, -0.1) is 0 Å². The van der Waals surface area contributed by atoms with E-state index in [0.717, 1.165) is 6.07 Å². The second-order valence-electron chi connectivity index (χ2n) is 10.9. The molecule has 4 fully saturated rings. The Morgan fingerprint density at radius 3 is 2.56 bits per heavy atom. The van der Waals surface area contributed by atoms with Crippen LogP contribution in [0.15, 0.2) is 18.2 Å². The molecule has 8 nitrogen and oxygen atoms in total. The van der Waals surface area contributed by atoms with E-state index in [0.29, 0.717) is 38.5 Å². The van der Waals surface area contributed by atoms with Gasteiger partial charge in [-0.1, -0.05) is 32.4 Å². The molecule has 5 rings (SSSR count). The van der Waals surface area contributed by atoms with E-state index in [2.05, 4.69) is 36.9 Å². The molecule has 0 aromatic heterocycles. The lowest BCUT2D eigenvalue weighted by molar-refractivity contribution is -0.142. The fraction of sp³-hybridized carbons (Fsp3) is 0.667. The van der Waals surface area contributed by atoms with Crippen molar-refractivity contribution in [1.29, 1.82) is 0 Å². The first-order valence-electron chi connectivity index (χ1n) is 11.7. The maximum absolute atomic E-state index is 13.6. The van der Waals surface area contributed by atoms with Crippen molar-refractivity contribution in [2.45, 2.75) is 88.6 Å². The van der Waals surface area contributed by atoms with Crippen LogP contribution in [0.4, 0.5) is 4.39 Å². The zero-order valence-electron chi connectivity index (χ0n) is 19.7. The third-order valence-electron chi connectivity index (χ3n) is 7.50. The van der Waals surface area contributed by atoms with Crippen molar-refractivity contribution in [3.05, 3.63) is 29.0 Å². The first kappa shape index (κ1) is 25.2. The van der Waals surface area contributed by atoms with Crippen LogP contribution in [0, 0.1) is 11.2 Å². The van der Waals surface area contributed by atoms with Crippen LogP contribution in [0.1, 0.15) is 59.3 Å². The number of rotatable bonds is 6. The summed E-state index contributed by atoms with van der Waals surface area (Å²) in [5.41, 5.74) is 1.68. The molecule has 4 N–H and O–H groups in total. The predicted octanol–water partition coefficient (Wildman–Crippen LogP) is 2.61. The Labute approximate surface area is 203 Å². The summed E-state index contributed by atoms with van der Waals surface area (Å²) in [6, 6.07) is 4.04. The number of nitrogens with one attached hydrogen (secondary N) is 3. The van der Waals surface area contributed by atoms with Crippen molar-refractivity contribution in [2.24, 2.45) is 5.41 Å². The van der Waals surface area contributed by atoms with E-state index in [4.69, 9.17) is 21.2 Å². The van der Waals surface area contributed by atoms with Crippen LogP contribution in [0.2, 0.25) is 5.02 Å². The van der Waals surface area contributed by atoms with Crippen LogP contribution in [0.25, 0.3) is 0 Å². The summed E-state index contributed by atoms with van der Waals surface area (Å²) in [4.78, 5) is 31.0. The van der Waals surface area contributed by atoms with E-state index < -0.39 is 35.0 Å². The number of aliphatic hydroxyl groups is 1. The number of amides is 2. The number of benzene rings is 1. The molecule has 1 aromatic rings. The molecule has 0 radical (unpaired) electrons. The van der Waals surface area contributed by atoms with Crippen LogP contribution in [-0.2, 0) is 14.4 Å². The molecule has 4 aliphatic rings. The summed E-state index contributed by atoms with van der Waals surface area (Å²) in [7, 11) is 0. The molecule has 2 bridgehead atoms. The number of hydroxylamine groups is 1. The van der Waals surface area contributed by atoms with Gasteiger partial charge in [0, 0.05) is 24.1 Å². The monoisotopic (exact) mass is 497 g/mol. The number of ether oxygens (including phenoxy) is 1. The van der Waals surface area contributed by atoms with Crippen LogP contribution in [-0.4, -0.2) is 52.9 Å². The molecular weight excluding hydrogens is 465 g/mol. The van der Waals surface area contributed by atoms with Crippen molar-refractivity contribution in [1.82, 2.24) is 16.1 Å². The van der Waals surface area contributed by atoms with Gasteiger partial charge in [-0.05, 0) is 49.7 Å². The largest absolute Gasteiger partial charge is 0.484 e. The highest BCUT2D eigenvalue weighted by molar-refractivity contribution is 6.30. The van der Waals surface area contributed by atoms with Crippen LogP contribution < -0.4 is 20.9 Å². The van der Waals surface area contributed by atoms with E-state index in [1.165, 1.54) is 12.1 Å². The van der Waals surface area contributed by atoms with Crippen LogP contribution >= 0.6 is 11.6 Å². The van der Waals surface area contributed by atoms with E-state index in [9.17, 15) is 19.1 Å². The Morgan fingerprint density at radius 2 is 1.97 bits per heavy atom. The molecule has 3 aliphatic carbocycles. The van der Waals surface area contributed by atoms with Crippen LogP contribution in [0.3, 0.4) is 0 Å². The molecule has 3 saturated carbocycles. The lowest BCUT2D eigenvalue weighted by Gasteiger charge is -2.56. The van der Waals surface area contributed by atoms with E-state index in [1.54, 1.807) is 0 Å². The van der Waals surface area contributed by atoms with Crippen LogP contribution in [0.5, 0.6) is 5.75 Å². The van der Waals surface area contributed by atoms with Crippen molar-refractivity contribution in [3.8, 4) is 5.75 Å². The number of hydrogen-bond donors (Lipinski definition) is 4. The Bertz CT molecular complexity index is 945. The molecule has 188 valence electrons. The average Bonchev–Trinajstić information content (AvgIpc) is 3.27. The summed E-state index contributed by atoms with van der Waals surface area (Å²) in [5.74, 6) is -0.999. The fourth-order valence-electron chi connectivity index (χ4n) is 5.20. The SMILES string of the molecule is CC(C)(C)C1CC(C(=O)NC23CCC(NC(=O)COc4ccc(Cl)c(F)c4)(CC2)C(O)C3)ON1. The van der Waals surface area contributed by atoms with Gasteiger partial charge < -0.3 is 20.5 Å².